The van der Waals surface area contributed by atoms with Crippen LogP contribution in [0.15, 0.2) is 10.0 Å². The summed E-state index contributed by atoms with van der Waals surface area (Å²) in [5, 5.41) is 3.93. The maximum Gasteiger partial charge on any atom is 0.319 e. The van der Waals surface area contributed by atoms with Crippen molar-refractivity contribution in [2.45, 2.75) is 52.6 Å². The monoisotopic (exact) mass is 309 g/mol. The van der Waals surface area contributed by atoms with E-state index in [1.54, 1.807) is 19.4 Å². The second-order valence-corrected chi connectivity index (χ2v) is 7.17. The van der Waals surface area contributed by atoms with Gasteiger partial charge in [0.1, 0.15) is 15.9 Å². The molecule has 114 valence electrons. The van der Waals surface area contributed by atoms with Crippen LogP contribution in [0.2, 0.25) is 0 Å². The highest BCUT2D eigenvalue weighted by atomic mass is 32.1. The van der Waals surface area contributed by atoms with E-state index >= 15 is 0 Å². The third-order valence-electron chi connectivity index (χ3n) is 2.83. The van der Waals surface area contributed by atoms with Crippen molar-refractivity contribution in [2.75, 3.05) is 0 Å². The first kappa shape index (κ1) is 15.6. The van der Waals surface area contributed by atoms with Gasteiger partial charge in [0.2, 0.25) is 0 Å². The Kier molecular flexibility index (Phi) is 3.88. The molecule has 6 nitrogen and oxygen atoms in total. The highest BCUT2D eigenvalue weighted by molar-refractivity contribution is 7.13. The standard InChI is InChI=1S/C14H19N3O3S/c1-8-9(21-7-15-8)10-16-11(17-20-10)14(5,6)12(18)19-13(2,3)4/h7H,1-6H3. The van der Waals surface area contributed by atoms with Crippen LogP contribution in [0.1, 0.15) is 46.1 Å². The SMILES string of the molecule is Cc1ncsc1-c1nc(C(C)(C)C(=O)OC(C)(C)C)no1. The lowest BCUT2D eigenvalue weighted by molar-refractivity contribution is -0.161. The summed E-state index contributed by atoms with van der Waals surface area (Å²) in [6, 6.07) is 0. The van der Waals surface area contributed by atoms with Gasteiger partial charge in [-0.15, -0.1) is 11.3 Å². The van der Waals surface area contributed by atoms with Crippen molar-refractivity contribution in [3.8, 4) is 10.8 Å². The van der Waals surface area contributed by atoms with Gasteiger partial charge in [0.25, 0.3) is 5.89 Å². The predicted octanol–water partition coefficient (Wildman–Crippen LogP) is 3.12. The van der Waals surface area contributed by atoms with Crippen molar-refractivity contribution in [3.05, 3.63) is 17.0 Å². The number of ether oxygens (including phenoxy) is 1. The van der Waals surface area contributed by atoms with Crippen LogP contribution in [0.4, 0.5) is 0 Å². The Morgan fingerprint density at radius 1 is 1.29 bits per heavy atom. The van der Waals surface area contributed by atoms with Gasteiger partial charge in [-0.25, -0.2) is 4.98 Å². The van der Waals surface area contributed by atoms with Crippen LogP contribution in [-0.4, -0.2) is 26.7 Å². The average molecular weight is 309 g/mol. The van der Waals surface area contributed by atoms with E-state index < -0.39 is 11.0 Å². The third-order valence-corrected chi connectivity index (χ3v) is 3.75. The predicted molar refractivity (Wildman–Crippen MR) is 79.0 cm³/mol. The summed E-state index contributed by atoms with van der Waals surface area (Å²) in [5.74, 6) is 0.296. The fraction of sp³-hybridized carbons (Fsp3) is 0.571. The molecule has 0 aliphatic carbocycles. The molecule has 21 heavy (non-hydrogen) atoms. The molecule has 0 spiro atoms. The molecule has 0 radical (unpaired) electrons. The topological polar surface area (TPSA) is 78.1 Å². The van der Waals surface area contributed by atoms with E-state index in [4.69, 9.17) is 9.26 Å². The number of hydrogen-bond donors (Lipinski definition) is 0. The maximum atomic E-state index is 12.3. The van der Waals surface area contributed by atoms with Gasteiger partial charge in [-0.2, -0.15) is 4.98 Å². The van der Waals surface area contributed by atoms with Gasteiger partial charge in [-0.05, 0) is 41.5 Å². The Hall–Kier alpha value is -1.76. The van der Waals surface area contributed by atoms with Crippen LogP contribution >= 0.6 is 11.3 Å². The number of aryl methyl sites for hydroxylation is 1. The molecule has 2 rings (SSSR count). The van der Waals surface area contributed by atoms with Gasteiger partial charge in [0.05, 0.1) is 11.2 Å². The lowest BCUT2D eigenvalue weighted by Gasteiger charge is -2.26. The number of rotatable bonds is 3. The molecule has 0 fully saturated rings. The van der Waals surface area contributed by atoms with Crippen LogP contribution < -0.4 is 0 Å². The molecule has 0 aliphatic heterocycles. The van der Waals surface area contributed by atoms with Crippen LogP contribution in [0, 0.1) is 6.92 Å². The molecule has 0 aromatic carbocycles. The van der Waals surface area contributed by atoms with Crippen LogP contribution in [0.5, 0.6) is 0 Å². The Morgan fingerprint density at radius 2 is 1.95 bits per heavy atom. The summed E-state index contributed by atoms with van der Waals surface area (Å²) < 4.78 is 10.7. The number of thiazole rings is 1. The van der Waals surface area contributed by atoms with Crippen molar-refractivity contribution in [1.82, 2.24) is 15.1 Å². The van der Waals surface area contributed by atoms with Crippen LogP contribution in [0.3, 0.4) is 0 Å². The molecule has 0 amide bonds. The smallest absolute Gasteiger partial charge is 0.319 e. The fourth-order valence-corrected chi connectivity index (χ4v) is 2.30. The molecular formula is C14H19N3O3S. The summed E-state index contributed by atoms with van der Waals surface area (Å²) in [6.45, 7) is 10.8. The quantitative estimate of drug-likeness (QED) is 0.811. The molecule has 0 saturated heterocycles. The normalized spacial score (nSPS) is 12.5. The highest BCUT2D eigenvalue weighted by Gasteiger charge is 2.39. The largest absolute Gasteiger partial charge is 0.459 e. The van der Waals surface area contributed by atoms with E-state index in [1.807, 2.05) is 27.7 Å². The third kappa shape index (κ3) is 3.29. The number of hydrogen-bond acceptors (Lipinski definition) is 7. The fourth-order valence-electron chi connectivity index (χ4n) is 1.57. The van der Waals surface area contributed by atoms with Crippen molar-refractivity contribution >= 4 is 17.3 Å². The summed E-state index contributed by atoms with van der Waals surface area (Å²) in [7, 11) is 0. The van der Waals surface area contributed by atoms with E-state index in [0.717, 1.165) is 10.6 Å². The zero-order valence-electron chi connectivity index (χ0n) is 13.1. The zero-order valence-corrected chi connectivity index (χ0v) is 13.9. The molecule has 0 unspecified atom stereocenters. The molecule has 0 saturated carbocycles. The second kappa shape index (κ2) is 5.22. The number of carbonyl (C=O) groups excluding carboxylic acids is 1. The molecule has 7 heteroatoms. The van der Waals surface area contributed by atoms with E-state index in [1.165, 1.54) is 11.3 Å². The summed E-state index contributed by atoms with van der Waals surface area (Å²) in [4.78, 5) is 21.6. The molecule has 0 atom stereocenters. The maximum absolute atomic E-state index is 12.3. The molecule has 0 bridgehead atoms. The van der Waals surface area contributed by atoms with Crippen molar-refractivity contribution < 1.29 is 14.1 Å². The first-order valence-corrected chi connectivity index (χ1v) is 7.47. The molecule has 2 aromatic heterocycles. The Labute approximate surface area is 127 Å². The Balaban J connectivity index is 2.28. The van der Waals surface area contributed by atoms with Gasteiger partial charge in [-0.3, -0.25) is 4.79 Å². The van der Waals surface area contributed by atoms with E-state index in [-0.39, 0.29) is 5.97 Å². The molecule has 0 N–H and O–H groups in total. The summed E-state index contributed by atoms with van der Waals surface area (Å²) in [5.41, 5.74) is 1.00. The zero-order chi connectivity index (χ0) is 15.8. The molecule has 2 heterocycles. The summed E-state index contributed by atoms with van der Waals surface area (Å²) >= 11 is 1.42. The van der Waals surface area contributed by atoms with E-state index in [2.05, 4.69) is 15.1 Å². The van der Waals surface area contributed by atoms with Gasteiger partial charge in [0, 0.05) is 0 Å². The molecular weight excluding hydrogens is 290 g/mol. The number of esters is 1. The van der Waals surface area contributed by atoms with Crippen molar-refractivity contribution in [1.29, 1.82) is 0 Å². The highest BCUT2D eigenvalue weighted by Crippen LogP contribution is 2.30. The minimum absolute atomic E-state index is 0.305. The minimum atomic E-state index is -0.979. The second-order valence-electron chi connectivity index (χ2n) is 6.32. The first-order valence-electron chi connectivity index (χ1n) is 6.59. The lowest BCUT2D eigenvalue weighted by Crippen LogP contribution is -2.37. The van der Waals surface area contributed by atoms with Crippen molar-refractivity contribution in [2.24, 2.45) is 0 Å². The first-order chi connectivity index (χ1) is 9.61. The van der Waals surface area contributed by atoms with Crippen molar-refractivity contribution in [3.63, 3.8) is 0 Å². The Morgan fingerprint density at radius 3 is 2.48 bits per heavy atom. The average Bonchev–Trinajstić information content (AvgIpc) is 2.94. The minimum Gasteiger partial charge on any atom is -0.459 e. The van der Waals surface area contributed by atoms with Gasteiger partial charge in [-0.1, -0.05) is 5.16 Å². The molecule has 0 aliphatic rings. The van der Waals surface area contributed by atoms with Gasteiger partial charge < -0.3 is 9.26 Å². The molecule has 2 aromatic rings. The summed E-state index contributed by atoms with van der Waals surface area (Å²) in [6.07, 6.45) is 0. The number of aromatic nitrogens is 3. The van der Waals surface area contributed by atoms with E-state index in [0.29, 0.717) is 11.7 Å². The number of carbonyl (C=O) groups is 1. The van der Waals surface area contributed by atoms with E-state index in [9.17, 15) is 4.79 Å². The Bertz CT molecular complexity index is 652. The van der Waals surface area contributed by atoms with Gasteiger partial charge >= 0.3 is 5.97 Å². The van der Waals surface area contributed by atoms with Crippen LogP contribution in [0.25, 0.3) is 10.8 Å². The van der Waals surface area contributed by atoms with Crippen LogP contribution in [-0.2, 0) is 14.9 Å². The lowest BCUT2D eigenvalue weighted by atomic mass is 9.92. The number of nitrogens with zero attached hydrogens (tertiary/aromatic N) is 3. The van der Waals surface area contributed by atoms with Gasteiger partial charge in [0.15, 0.2) is 5.82 Å².